The summed E-state index contributed by atoms with van der Waals surface area (Å²) >= 11 is 0. The molecule has 124 valence electrons. The molecule has 0 radical (unpaired) electrons. The van der Waals surface area contributed by atoms with Crippen LogP contribution in [-0.2, 0) is 6.54 Å². The van der Waals surface area contributed by atoms with Gasteiger partial charge in [-0.2, -0.15) is 5.10 Å². The highest BCUT2D eigenvalue weighted by Crippen LogP contribution is 2.18. The van der Waals surface area contributed by atoms with E-state index in [1.165, 1.54) is 4.57 Å². The van der Waals surface area contributed by atoms with Crippen LogP contribution in [-0.4, -0.2) is 19.3 Å². The van der Waals surface area contributed by atoms with E-state index in [-0.39, 0.29) is 12.1 Å². The lowest BCUT2D eigenvalue weighted by Gasteiger charge is -2.13. The summed E-state index contributed by atoms with van der Waals surface area (Å²) in [6.45, 7) is 0.200. The summed E-state index contributed by atoms with van der Waals surface area (Å²) in [5.74, 6) is 0. The fourth-order valence-corrected chi connectivity index (χ4v) is 2.89. The van der Waals surface area contributed by atoms with Gasteiger partial charge >= 0.3 is 0 Å². The van der Waals surface area contributed by atoms with Gasteiger partial charge in [-0.05, 0) is 11.6 Å². The molecule has 0 fully saturated rings. The zero-order chi connectivity index (χ0) is 17.2. The Labute approximate surface area is 144 Å². The Morgan fingerprint density at radius 3 is 2.36 bits per heavy atom. The second-order valence-corrected chi connectivity index (χ2v) is 5.91. The number of nitrogens with zero attached hydrogens (tertiary/aromatic N) is 3. The molecule has 0 aliphatic heterocycles. The summed E-state index contributed by atoms with van der Waals surface area (Å²) in [6, 6.07) is 20.8. The smallest absolute Gasteiger partial charge is 0.276 e. The van der Waals surface area contributed by atoms with E-state index in [4.69, 9.17) is 0 Å². The number of aliphatic hydroxyl groups excluding tert-OH is 1. The topological polar surface area (TPSA) is 59.5 Å². The van der Waals surface area contributed by atoms with Gasteiger partial charge in [0.1, 0.15) is 5.52 Å². The Hall–Kier alpha value is -3.18. The van der Waals surface area contributed by atoms with Crippen molar-refractivity contribution in [2.75, 3.05) is 0 Å². The molecule has 0 spiro atoms. The van der Waals surface area contributed by atoms with E-state index in [0.717, 1.165) is 16.8 Å². The van der Waals surface area contributed by atoms with Crippen molar-refractivity contribution in [1.82, 2.24) is 14.2 Å². The maximum atomic E-state index is 12.7. The van der Waals surface area contributed by atoms with Crippen LogP contribution in [0.25, 0.3) is 16.8 Å². The van der Waals surface area contributed by atoms with Crippen molar-refractivity contribution in [1.29, 1.82) is 0 Å². The number of hydrogen-bond acceptors (Lipinski definition) is 3. The monoisotopic (exact) mass is 331 g/mol. The Kier molecular flexibility index (Phi) is 3.91. The molecule has 0 amide bonds. The standard InChI is InChI=1S/C20H17N3O2/c24-19(16-9-5-2-6-10-16)14-22-11-12-23-18(20(22)25)13-17(21-23)15-7-3-1-4-8-15/h1-13,19,24H,14H2. The highest BCUT2D eigenvalue weighted by atomic mass is 16.3. The second kappa shape index (κ2) is 6.37. The highest BCUT2D eigenvalue weighted by Gasteiger charge is 2.12. The van der Waals surface area contributed by atoms with Gasteiger partial charge in [0.25, 0.3) is 5.56 Å². The zero-order valence-corrected chi connectivity index (χ0v) is 13.5. The van der Waals surface area contributed by atoms with Gasteiger partial charge in [0.05, 0.1) is 18.3 Å². The van der Waals surface area contributed by atoms with E-state index >= 15 is 0 Å². The molecule has 1 atom stereocenters. The third kappa shape index (κ3) is 2.97. The molecule has 4 rings (SSSR count). The molecule has 1 N–H and O–H groups in total. The highest BCUT2D eigenvalue weighted by molar-refractivity contribution is 5.65. The fraction of sp³-hybridized carbons (Fsp3) is 0.100. The van der Waals surface area contributed by atoms with E-state index in [1.54, 1.807) is 23.0 Å². The van der Waals surface area contributed by atoms with Gasteiger partial charge in [-0.3, -0.25) is 4.79 Å². The van der Waals surface area contributed by atoms with Crippen LogP contribution in [0.15, 0.2) is 83.9 Å². The summed E-state index contributed by atoms with van der Waals surface area (Å²) in [7, 11) is 0. The van der Waals surface area contributed by atoms with E-state index in [9.17, 15) is 9.90 Å². The number of fused-ring (bicyclic) bond motifs is 1. The van der Waals surface area contributed by atoms with E-state index in [1.807, 2.05) is 60.7 Å². The van der Waals surface area contributed by atoms with Gasteiger partial charge in [-0.25, -0.2) is 4.52 Å². The van der Waals surface area contributed by atoms with Crippen molar-refractivity contribution in [2.24, 2.45) is 0 Å². The van der Waals surface area contributed by atoms with Crippen LogP contribution in [0.1, 0.15) is 11.7 Å². The quantitative estimate of drug-likeness (QED) is 0.625. The van der Waals surface area contributed by atoms with Crippen LogP contribution in [0, 0.1) is 0 Å². The van der Waals surface area contributed by atoms with Crippen LogP contribution < -0.4 is 5.56 Å². The lowest BCUT2D eigenvalue weighted by Crippen LogP contribution is -2.24. The molecule has 0 bridgehead atoms. The summed E-state index contributed by atoms with van der Waals surface area (Å²) in [6.07, 6.45) is 2.65. The maximum absolute atomic E-state index is 12.7. The van der Waals surface area contributed by atoms with E-state index < -0.39 is 6.10 Å². The maximum Gasteiger partial charge on any atom is 0.276 e. The molecule has 0 aliphatic rings. The first-order valence-electron chi connectivity index (χ1n) is 8.09. The molecule has 4 aromatic rings. The van der Waals surface area contributed by atoms with Gasteiger partial charge in [0.15, 0.2) is 0 Å². The first kappa shape index (κ1) is 15.4. The summed E-state index contributed by atoms with van der Waals surface area (Å²) in [4.78, 5) is 12.7. The normalized spacial score (nSPS) is 12.4. The lowest BCUT2D eigenvalue weighted by molar-refractivity contribution is 0.155. The molecule has 0 saturated heterocycles. The van der Waals surface area contributed by atoms with Gasteiger partial charge in [0, 0.05) is 18.0 Å². The number of hydrogen-bond donors (Lipinski definition) is 1. The number of aliphatic hydroxyl groups is 1. The summed E-state index contributed by atoms with van der Waals surface area (Å²) in [5.41, 5.74) is 2.81. The molecule has 0 aliphatic carbocycles. The second-order valence-electron chi connectivity index (χ2n) is 5.91. The fourth-order valence-electron chi connectivity index (χ4n) is 2.89. The molecule has 5 nitrogen and oxygen atoms in total. The number of rotatable bonds is 4. The minimum atomic E-state index is -0.738. The molecular weight excluding hydrogens is 314 g/mol. The van der Waals surface area contributed by atoms with Crippen molar-refractivity contribution in [3.63, 3.8) is 0 Å². The SMILES string of the molecule is O=c1c2cc(-c3ccccc3)nn2ccn1CC(O)c1ccccc1. The van der Waals surface area contributed by atoms with Crippen LogP contribution >= 0.6 is 0 Å². The molecule has 2 heterocycles. The number of aromatic nitrogens is 3. The Morgan fingerprint density at radius 2 is 1.64 bits per heavy atom. The predicted octanol–water partition coefficient (Wildman–Crippen LogP) is 2.90. The van der Waals surface area contributed by atoms with E-state index in [2.05, 4.69) is 5.10 Å². The largest absolute Gasteiger partial charge is 0.387 e. The first-order valence-corrected chi connectivity index (χ1v) is 8.09. The predicted molar refractivity (Wildman–Crippen MR) is 96.3 cm³/mol. The molecule has 2 aromatic carbocycles. The van der Waals surface area contributed by atoms with Gasteiger partial charge < -0.3 is 9.67 Å². The third-order valence-electron chi connectivity index (χ3n) is 4.23. The number of benzene rings is 2. The summed E-state index contributed by atoms with van der Waals surface area (Å²) in [5, 5.41) is 14.8. The third-order valence-corrected chi connectivity index (χ3v) is 4.23. The van der Waals surface area contributed by atoms with Gasteiger partial charge in [-0.15, -0.1) is 0 Å². The van der Waals surface area contributed by atoms with Crippen molar-refractivity contribution in [3.05, 3.63) is 95.0 Å². The van der Waals surface area contributed by atoms with Crippen LogP contribution in [0.3, 0.4) is 0 Å². The lowest BCUT2D eigenvalue weighted by atomic mass is 10.1. The average Bonchev–Trinajstić information content (AvgIpc) is 3.11. The van der Waals surface area contributed by atoms with E-state index in [0.29, 0.717) is 5.52 Å². The van der Waals surface area contributed by atoms with Crippen LogP contribution in [0.5, 0.6) is 0 Å². The van der Waals surface area contributed by atoms with Gasteiger partial charge in [0.2, 0.25) is 0 Å². The van der Waals surface area contributed by atoms with Crippen molar-refractivity contribution < 1.29 is 5.11 Å². The molecule has 2 aromatic heterocycles. The van der Waals surface area contributed by atoms with Crippen LogP contribution in [0.2, 0.25) is 0 Å². The molecular formula is C20H17N3O2. The minimum absolute atomic E-state index is 0.174. The van der Waals surface area contributed by atoms with Crippen LogP contribution in [0.4, 0.5) is 0 Å². The first-order chi connectivity index (χ1) is 12.2. The minimum Gasteiger partial charge on any atom is -0.387 e. The average molecular weight is 331 g/mol. The Balaban J connectivity index is 1.70. The Bertz CT molecular complexity index is 1050. The van der Waals surface area contributed by atoms with Crippen molar-refractivity contribution in [3.8, 4) is 11.3 Å². The van der Waals surface area contributed by atoms with Crippen molar-refractivity contribution in [2.45, 2.75) is 12.6 Å². The molecule has 25 heavy (non-hydrogen) atoms. The van der Waals surface area contributed by atoms with Gasteiger partial charge in [-0.1, -0.05) is 60.7 Å². The summed E-state index contributed by atoms with van der Waals surface area (Å²) < 4.78 is 3.10. The molecule has 1 unspecified atom stereocenters. The molecule has 0 saturated carbocycles. The zero-order valence-electron chi connectivity index (χ0n) is 13.5. The van der Waals surface area contributed by atoms with Crippen molar-refractivity contribution >= 4 is 5.52 Å². The molecule has 5 heteroatoms. The Morgan fingerprint density at radius 1 is 0.960 bits per heavy atom.